The van der Waals surface area contributed by atoms with Crippen molar-refractivity contribution in [1.82, 2.24) is 9.78 Å². The fourth-order valence-corrected chi connectivity index (χ4v) is 2.51. The molecule has 3 nitrogen and oxygen atoms in total. The van der Waals surface area contributed by atoms with Crippen LogP contribution in [-0.4, -0.2) is 9.78 Å². The van der Waals surface area contributed by atoms with Gasteiger partial charge in [-0.25, -0.2) is 0 Å². The Kier molecular flexibility index (Phi) is 2.90. The van der Waals surface area contributed by atoms with Crippen LogP contribution in [0, 0.1) is 5.92 Å². The first-order valence-corrected chi connectivity index (χ1v) is 7.05. The Hall–Kier alpha value is -1.29. The molecule has 94 valence electrons. The van der Waals surface area contributed by atoms with Crippen molar-refractivity contribution in [3.63, 3.8) is 0 Å². The number of nitrogens with two attached hydrogens (primary N) is 1. The van der Waals surface area contributed by atoms with E-state index in [0.717, 1.165) is 27.3 Å². The summed E-state index contributed by atoms with van der Waals surface area (Å²) in [6.07, 6.45) is 4.59. The molecule has 4 heteroatoms. The van der Waals surface area contributed by atoms with Crippen molar-refractivity contribution in [2.45, 2.75) is 25.8 Å². The fourth-order valence-electron chi connectivity index (χ4n) is 2.24. The molecule has 1 aromatic carbocycles. The van der Waals surface area contributed by atoms with Crippen molar-refractivity contribution in [2.24, 2.45) is 5.92 Å². The fraction of sp³-hybridized carbons (Fsp3) is 0.357. The van der Waals surface area contributed by atoms with E-state index < -0.39 is 0 Å². The van der Waals surface area contributed by atoms with E-state index in [9.17, 15) is 0 Å². The molecule has 0 bridgehead atoms. The summed E-state index contributed by atoms with van der Waals surface area (Å²) in [6, 6.07) is 8.55. The zero-order valence-electron chi connectivity index (χ0n) is 10.3. The topological polar surface area (TPSA) is 43.8 Å². The first-order valence-electron chi connectivity index (χ1n) is 6.25. The molecule has 0 radical (unpaired) electrons. The van der Waals surface area contributed by atoms with Crippen LogP contribution in [0.5, 0.6) is 0 Å². The second kappa shape index (κ2) is 4.43. The van der Waals surface area contributed by atoms with Gasteiger partial charge in [-0.1, -0.05) is 28.1 Å². The first-order chi connectivity index (χ1) is 8.65. The van der Waals surface area contributed by atoms with Gasteiger partial charge in [0.05, 0.1) is 11.7 Å². The number of hydrogen-bond donors (Lipinski definition) is 1. The normalized spacial score (nSPS) is 16.8. The molecule has 1 aliphatic carbocycles. The van der Waals surface area contributed by atoms with Crippen LogP contribution < -0.4 is 5.73 Å². The van der Waals surface area contributed by atoms with Gasteiger partial charge in [0.25, 0.3) is 0 Å². The molecule has 1 heterocycles. The Balaban J connectivity index is 1.94. The van der Waals surface area contributed by atoms with E-state index in [4.69, 9.17) is 5.73 Å². The molecular formula is C14H16BrN3. The Labute approximate surface area is 115 Å². The smallest absolute Gasteiger partial charge is 0.115 e. The third-order valence-electron chi connectivity index (χ3n) is 3.60. The monoisotopic (exact) mass is 305 g/mol. The highest BCUT2D eigenvalue weighted by Crippen LogP contribution is 2.40. The molecule has 1 atom stereocenters. The Morgan fingerprint density at radius 3 is 2.61 bits per heavy atom. The summed E-state index contributed by atoms with van der Waals surface area (Å²) in [7, 11) is 0. The van der Waals surface area contributed by atoms with Gasteiger partial charge in [-0.3, -0.25) is 4.68 Å². The molecule has 0 amide bonds. The SMILES string of the molecule is CC(C1CC1)n1cc(N)c(-c2ccc(Br)cc2)n1. The van der Waals surface area contributed by atoms with Crippen LogP contribution in [0.15, 0.2) is 34.9 Å². The number of nitrogen functional groups attached to an aromatic ring is 1. The number of rotatable bonds is 3. The van der Waals surface area contributed by atoms with E-state index in [0.29, 0.717) is 6.04 Å². The van der Waals surface area contributed by atoms with Crippen molar-refractivity contribution in [1.29, 1.82) is 0 Å². The van der Waals surface area contributed by atoms with Crippen molar-refractivity contribution >= 4 is 21.6 Å². The summed E-state index contributed by atoms with van der Waals surface area (Å²) in [5, 5.41) is 4.65. The summed E-state index contributed by atoms with van der Waals surface area (Å²) in [5.41, 5.74) is 8.78. The lowest BCUT2D eigenvalue weighted by atomic mass is 10.1. The van der Waals surface area contributed by atoms with Gasteiger partial charge in [-0.05, 0) is 37.8 Å². The lowest BCUT2D eigenvalue weighted by Crippen LogP contribution is -2.07. The van der Waals surface area contributed by atoms with E-state index in [1.54, 1.807) is 0 Å². The molecule has 2 aromatic rings. The summed E-state index contributed by atoms with van der Waals surface area (Å²) < 4.78 is 3.08. The van der Waals surface area contributed by atoms with Crippen LogP contribution in [-0.2, 0) is 0 Å². The predicted octanol–water partition coefficient (Wildman–Crippen LogP) is 3.87. The highest BCUT2D eigenvalue weighted by molar-refractivity contribution is 9.10. The lowest BCUT2D eigenvalue weighted by Gasteiger charge is -2.09. The number of halogens is 1. The van der Waals surface area contributed by atoms with Gasteiger partial charge in [-0.2, -0.15) is 5.10 Å². The Morgan fingerprint density at radius 2 is 2.00 bits per heavy atom. The Bertz CT molecular complexity index is 555. The molecule has 0 aliphatic heterocycles. The summed E-state index contributed by atoms with van der Waals surface area (Å²) in [6.45, 7) is 2.22. The molecule has 3 rings (SSSR count). The van der Waals surface area contributed by atoms with Gasteiger partial charge < -0.3 is 5.73 Å². The molecular weight excluding hydrogens is 290 g/mol. The maximum atomic E-state index is 6.07. The minimum absolute atomic E-state index is 0.455. The molecule has 1 fully saturated rings. The highest BCUT2D eigenvalue weighted by Gasteiger charge is 2.30. The first kappa shape index (κ1) is 11.8. The van der Waals surface area contributed by atoms with Gasteiger partial charge >= 0.3 is 0 Å². The number of aromatic nitrogens is 2. The van der Waals surface area contributed by atoms with E-state index in [2.05, 4.69) is 28.0 Å². The number of anilines is 1. The molecule has 18 heavy (non-hydrogen) atoms. The minimum atomic E-state index is 0.455. The molecule has 1 aliphatic rings. The second-order valence-electron chi connectivity index (χ2n) is 5.00. The van der Waals surface area contributed by atoms with Crippen molar-refractivity contribution in [3.8, 4) is 11.3 Å². The van der Waals surface area contributed by atoms with Crippen LogP contribution in [0.25, 0.3) is 11.3 Å². The summed E-state index contributed by atoms with van der Waals surface area (Å²) in [5.74, 6) is 0.780. The third-order valence-corrected chi connectivity index (χ3v) is 4.13. The maximum Gasteiger partial charge on any atom is 0.115 e. The predicted molar refractivity (Wildman–Crippen MR) is 77.2 cm³/mol. The van der Waals surface area contributed by atoms with Crippen molar-refractivity contribution in [3.05, 3.63) is 34.9 Å². The standard InChI is InChI=1S/C14H16BrN3/c1-9(10-2-3-10)18-8-13(16)14(17-18)11-4-6-12(15)7-5-11/h4-10H,2-3,16H2,1H3. The van der Waals surface area contributed by atoms with Crippen molar-refractivity contribution in [2.75, 3.05) is 5.73 Å². The van der Waals surface area contributed by atoms with Gasteiger partial charge in [0.2, 0.25) is 0 Å². The van der Waals surface area contributed by atoms with Crippen LogP contribution in [0.4, 0.5) is 5.69 Å². The molecule has 0 spiro atoms. The quantitative estimate of drug-likeness (QED) is 0.935. The van der Waals surface area contributed by atoms with Crippen LogP contribution in [0.2, 0.25) is 0 Å². The molecule has 1 unspecified atom stereocenters. The summed E-state index contributed by atoms with van der Waals surface area (Å²) >= 11 is 3.44. The average molecular weight is 306 g/mol. The highest BCUT2D eigenvalue weighted by atomic mass is 79.9. The van der Waals surface area contributed by atoms with E-state index >= 15 is 0 Å². The molecule has 0 saturated heterocycles. The number of hydrogen-bond acceptors (Lipinski definition) is 2. The van der Waals surface area contributed by atoms with E-state index in [1.165, 1.54) is 12.8 Å². The van der Waals surface area contributed by atoms with Gasteiger partial charge in [0.15, 0.2) is 0 Å². The number of nitrogens with zero attached hydrogens (tertiary/aromatic N) is 2. The zero-order chi connectivity index (χ0) is 12.7. The minimum Gasteiger partial charge on any atom is -0.396 e. The lowest BCUT2D eigenvalue weighted by molar-refractivity contribution is 0.441. The second-order valence-corrected chi connectivity index (χ2v) is 5.91. The maximum absolute atomic E-state index is 6.07. The van der Waals surface area contributed by atoms with Crippen LogP contribution >= 0.6 is 15.9 Å². The number of benzene rings is 1. The van der Waals surface area contributed by atoms with E-state index in [1.807, 2.05) is 35.1 Å². The van der Waals surface area contributed by atoms with Crippen molar-refractivity contribution < 1.29 is 0 Å². The van der Waals surface area contributed by atoms with Gasteiger partial charge in [0.1, 0.15) is 5.69 Å². The Morgan fingerprint density at radius 1 is 1.33 bits per heavy atom. The largest absolute Gasteiger partial charge is 0.396 e. The molecule has 1 saturated carbocycles. The van der Waals surface area contributed by atoms with Gasteiger partial charge in [0, 0.05) is 16.2 Å². The molecule has 2 N–H and O–H groups in total. The van der Waals surface area contributed by atoms with Crippen LogP contribution in [0.3, 0.4) is 0 Å². The van der Waals surface area contributed by atoms with Gasteiger partial charge in [-0.15, -0.1) is 0 Å². The summed E-state index contributed by atoms with van der Waals surface area (Å²) in [4.78, 5) is 0. The van der Waals surface area contributed by atoms with Crippen LogP contribution in [0.1, 0.15) is 25.8 Å². The average Bonchev–Trinajstić information content (AvgIpc) is 3.13. The zero-order valence-corrected chi connectivity index (χ0v) is 11.9. The van der Waals surface area contributed by atoms with E-state index in [-0.39, 0.29) is 0 Å². The third kappa shape index (κ3) is 2.17. The molecule has 1 aromatic heterocycles.